The van der Waals surface area contributed by atoms with Crippen molar-refractivity contribution in [3.05, 3.63) is 51.0 Å². The summed E-state index contributed by atoms with van der Waals surface area (Å²) in [5.41, 5.74) is 0.375. The minimum atomic E-state index is -4.00. The van der Waals surface area contributed by atoms with Crippen molar-refractivity contribution >= 4 is 61.8 Å². The van der Waals surface area contributed by atoms with Crippen molar-refractivity contribution in [3.8, 4) is 5.75 Å². The first-order valence-corrected chi connectivity index (χ1v) is 12.7. The molecule has 0 aliphatic carbocycles. The lowest BCUT2D eigenvalue weighted by molar-refractivity contribution is -0.0669. The van der Waals surface area contributed by atoms with Crippen LogP contribution in [0.4, 0.5) is 5.69 Å². The number of hydrazine groups is 2. The number of sulfonamides is 1. The smallest absolute Gasteiger partial charge is 0.259 e. The van der Waals surface area contributed by atoms with Gasteiger partial charge in [-0.2, -0.15) is 5.12 Å². The molecule has 15 heteroatoms. The molecule has 2 aromatic rings. The van der Waals surface area contributed by atoms with Gasteiger partial charge >= 0.3 is 0 Å². The molecule has 0 saturated heterocycles. The van der Waals surface area contributed by atoms with Gasteiger partial charge in [0.05, 0.1) is 27.2 Å². The Morgan fingerprint density at radius 2 is 2.00 bits per heavy atom. The third-order valence-electron chi connectivity index (χ3n) is 4.39. The van der Waals surface area contributed by atoms with Crippen molar-refractivity contribution in [3.63, 3.8) is 0 Å². The molecule has 2 atom stereocenters. The number of hydrogen-bond acceptors (Lipinski definition) is 7. The van der Waals surface area contributed by atoms with Crippen LogP contribution in [-0.4, -0.2) is 58.7 Å². The number of hydrogen-bond donors (Lipinski definition) is 4. The predicted octanol–water partition coefficient (Wildman–Crippen LogP) is 2.49. The SMILES string of the molecule is CN(CC(O)COc1ccc(Cl)cc1Cl)N1Cc2cc(Cl)c(NS(=O)O)cc2S(=O)(=O)N1. The van der Waals surface area contributed by atoms with E-state index in [-0.39, 0.29) is 35.3 Å². The molecule has 2 unspecified atom stereocenters. The standard InChI is InChI=1S/C17H19Cl3N4O6S2/c1-23(8-12(25)9-30-16-3-2-11(18)5-14(16)20)24-7-10-4-13(19)15(21-31(26)27)6-17(10)32(28,29)22-24/h2-6,12,21-22,25H,7-9H2,1H3,(H,26,27). The molecule has 1 heterocycles. The molecule has 4 N–H and O–H groups in total. The van der Waals surface area contributed by atoms with E-state index in [9.17, 15) is 17.7 Å². The monoisotopic (exact) mass is 544 g/mol. The van der Waals surface area contributed by atoms with Crippen LogP contribution in [0.3, 0.4) is 0 Å². The fraction of sp³-hybridized carbons (Fsp3) is 0.294. The van der Waals surface area contributed by atoms with Gasteiger partial charge in [-0.25, -0.2) is 17.6 Å². The van der Waals surface area contributed by atoms with Crippen molar-refractivity contribution in [1.82, 2.24) is 15.0 Å². The fourth-order valence-electron chi connectivity index (χ4n) is 2.95. The van der Waals surface area contributed by atoms with E-state index >= 15 is 0 Å². The van der Waals surface area contributed by atoms with Crippen LogP contribution < -0.4 is 14.3 Å². The molecule has 0 saturated carbocycles. The zero-order valence-corrected chi connectivity index (χ0v) is 20.4. The number of nitrogens with one attached hydrogen (secondary N) is 2. The highest BCUT2D eigenvalue weighted by molar-refractivity contribution is 7.89. The van der Waals surface area contributed by atoms with Gasteiger partial charge in [0.15, 0.2) is 0 Å². The lowest BCUT2D eigenvalue weighted by Gasteiger charge is -2.36. The number of rotatable bonds is 8. The van der Waals surface area contributed by atoms with Crippen molar-refractivity contribution in [2.24, 2.45) is 0 Å². The lowest BCUT2D eigenvalue weighted by atomic mass is 10.2. The summed E-state index contributed by atoms with van der Waals surface area (Å²) in [6, 6.07) is 7.28. The Bertz CT molecular complexity index is 1140. The number of likely N-dealkylation sites (N-methyl/N-ethyl adjacent to an activating group) is 1. The van der Waals surface area contributed by atoms with Gasteiger partial charge in [-0.05, 0) is 35.9 Å². The molecule has 0 amide bonds. The third-order valence-corrected chi connectivity index (χ3v) is 7.04. The van der Waals surface area contributed by atoms with Crippen molar-refractivity contribution in [1.29, 1.82) is 0 Å². The maximum absolute atomic E-state index is 12.7. The van der Waals surface area contributed by atoms with E-state index in [2.05, 4.69) is 9.55 Å². The minimum absolute atomic E-state index is 0.00635. The summed E-state index contributed by atoms with van der Waals surface area (Å²) >= 11 is 15.6. The Morgan fingerprint density at radius 3 is 2.66 bits per heavy atom. The molecular formula is C17H19Cl3N4O6S2. The van der Waals surface area contributed by atoms with Gasteiger partial charge in [0.2, 0.25) is 0 Å². The molecule has 0 aromatic heterocycles. The van der Waals surface area contributed by atoms with Crippen LogP contribution in [0, 0.1) is 0 Å². The molecule has 0 bridgehead atoms. The van der Waals surface area contributed by atoms with Crippen LogP contribution in [0.25, 0.3) is 0 Å². The molecule has 0 spiro atoms. The second-order valence-corrected chi connectivity index (χ2v) is 10.4. The number of aliphatic hydroxyl groups excluding tert-OH is 1. The second-order valence-electron chi connectivity index (χ2n) is 6.82. The lowest BCUT2D eigenvalue weighted by Crippen LogP contribution is -2.55. The summed E-state index contributed by atoms with van der Waals surface area (Å²) < 4.78 is 53.0. The summed E-state index contributed by atoms with van der Waals surface area (Å²) in [7, 11) is -2.42. The quantitative estimate of drug-likeness (QED) is 0.372. The van der Waals surface area contributed by atoms with Crippen LogP contribution in [0.15, 0.2) is 35.2 Å². The first kappa shape index (κ1) is 25.4. The topological polar surface area (TPSA) is 131 Å². The summed E-state index contributed by atoms with van der Waals surface area (Å²) in [5.74, 6) is 0.355. The normalized spacial score (nSPS) is 17.6. The van der Waals surface area contributed by atoms with Crippen molar-refractivity contribution in [2.45, 2.75) is 17.5 Å². The Kier molecular flexibility index (Phi) is 8.25. The zero-order chi connectivity index (χ0) is 23.6. The third kappa shape index (κ3) is 6.23. The second kappa shape index (κ2) is 10.4. The fourth-order valence-corrected chi connectivity index (χ4v) is 5.38. The number of anilines is 1. The van der Waals surface area contributed by atoms with Gasteiger partial charge in [-0.3, -0.25) is 9.27 Å². The molecule has 0 fully saturated rings. The maximum atomic E-state index is 12.7. The maximum Gasteiger partial charge on any atom is 0.259 e. The highest BCUT2D eigenvalue weighted by Crippen LogP contribution is 2.32. The molecule has 1 aliphatic rings. The predicted molar refractivity (Wildman–Crippen MR) is 122 cm³/mol. The Hall–Kier alpha value is -1.19. The Balaban J connectivity index is 1.67. The highest BCUT2D eigenvalue weighted by Gasteiger charge is 2.32. The van der Waals surface area contributed by atoms with Gasteiger partial charge in [-0.1, -0.05) is 34.8 Å². The first-order valence-electron chi connectivity index (χ1n) is 8.93. The molecule has 1 aliphatic heterocycles. The number of ether oxygens (including phenoxy) is 1. The van der Waals surface area contributed by atoms with E-state index in [4.69, 9.17) is 44.1 Å². The largest absolute Gasteiger partial charge is 0.489 e. The van der Waals surface area contributed by atoms with Crippen LogP contribution in [-0.2, 0) is 27.8 Å². The molecule has 176 valence electrons. The van der Waals surface area contributed by atoms with E-state index in [1.165, 1.54) is 28.3 Å². The van der Waals surface area contributed by atoms with Crippen LogP contribution in [0.2, 0.25) is 15.1 Å². The van der Waals surface area contributed by atoms with Crippen molar-refractivity contribution < 1.29 is 27.0 Å². The summed E-state index contributed by atoms with van der Waals surface area (Å²) in [6.07, 6.45) is -0.979. The summed E-state index contributed by atoms with van der Waals surface area (Å²) in [6.45, 7) is 0.0336. The molecular weight excluding hydrogens is 527 g/mol. The number of halogens is 3. The van der Waals surface area contributed by atoms with E-state index in [0.29, 0.717) is 21.4 Å². The molecule has 3 rings (SSSR count). The van der Waals surface area contributed by atoms with E-state index in [1.807, 2.05) is 0 Å². The zero-order valence-electron chi connectivity index (χ0n) is 16.5. The highest BCUT2D eigenvalue weighted by atomic mass is 35.5. The number of benzene rings is 2. The van der Waals surface area contributed by atoms with E-state index in [0.717, 1.165) is 0 Å². The molecule has 32 heavy (non-hydrogen) atoms. The Labute approximate surface area is 202 Å². The average molecular weight is 546 g/mol. The number of fused-ring (bicyclic) bond motifs is 1. The molecule has 2 aromatic carbocycles. The van der Waals surface area contributed by atoms with Crippen LogP contribution in [0.5, 0.6) is 5.75 Å². The Morgan fingerprint density at radius 1 is 1.28 bits per heavy atom. The van der Waals surface area contributed by atoms with E-state index < -0.39 is 27.4 Å². The molecule has 10 nitrogen and oxygen atoms in total. The van der Waals surface area contributed by atoms with E-state index in [1.54, 1.807) is 19.2 Å². The van der Waals surface area contributed by atoms with Crippen LogP contribution >= 0.6 is 34.8 Å². The van der Waals surface area contributed by atoms with Gasteiger partial charge in [0.1, 0.15) is 18.5 Å². The average Bonchev–Trinajstić information content (AvgIpc) is 2.67. The molecule has 0 radical (unpaired) electrons. The number of nitrogens with zero attached hydrogens (tertiary/aromatic N) is 2. The first-order chi connectivity index (χ1) is 15.0. The van der Waals surface area contributed by atoms with Gasteiger partial charge in [0, 0.05) is 18.6 Å². The summed E-state index contributed by atoms with van der Waals surface area (Å²) in [5, 5.41) is 13.9. The minimum Gasteiger partial charge on any atom is -0.489 e. The van der Waals surface area contributed by atoms with Gasteiger partial charge in [-0.15, -0.1) is 4.83 Å². The van der Waals surface area contributed by atoms with Crippen LogP contribution in [0.1, 0.15) is 5.56 Å². The van der Waals surface area contributed by atoms with Gasteiger partial charge in [0.25, 0.3) is 21.3 Å². The summed E-state index contributed by atoms with van der Waals surface area (Å²) in [4.78, 5) is 2.30. The van der Waals surface area contributed by atoms with Gasteiger partial charge < -0.3 is 9.84 Å². The number of aliphatic hydroxyl groups is 1. The van der Waals surface area contributed by atoms with Crippen molar-refractivity contribution in [2.75, 3.05) is 24.9 Å².